The number of ether oxygens (including phenoxy) is 1. The van der Waals surface area contributed by atoms with Crippen molar-refractivity contribution < 1.29 is 4.74 Å². The lowest BCUT2D eigenvalue weighted by atomic mass is 10.1. The van der Waals surface area contributed by atoms with E-state index in [1.807, 2.05) is 57.3 Å². The largest absolute Gasteiger partial charge is 0.487 e. The molecule has 1 aromatic heterocycles. The molecule has 0 aliphatic rings. The maximum absolute atomic E-state index is 5.99. The minimum Gasteiger partial charge on any atom is -0.487 e. The van der Waals surface area contributed by atoms with Crippen LogP contribution in [-0.2, 0) is 0 Å². The smallest absolute Gasteiger partial charge is 0.129 e. The third-order valence-corrected chi connectivity index (χ3v) is 2.49. The van der Waals surface area contributed by atoms with Crippen LogP contribution in [0.3, 0.4) is 0 Å². The quantitative estimate of drug-likeness (QED) is 0.784. The first-order chi connectivity index (χ1) is 8.46. The standard InChI is InChI=1S/C16H19NO/c1-12-9-10-17-14(11-12)13-7-5-6-8-15(13)18-16(2,3)4/h5-11H,1-4H3. The van der Waals surface area contributed by atoms with E-state index in [1.165, 1.54) is 5.56 Å². The summed E-state index contributed by atoms with van der Waals surface area (Å²) in [5.41, 5.74) is 2.98. The maximum Gasteiger partial charge on any atom is 0.129 e. The third-order valence-electron chi connectivity index (χ3n) is 2.49. The summed E-state index contributed by atoms with van der Waals surface area (Å²) in [6.07, 6.45) is 1.83. The number of aryl methyl sites for hydroxylation is 1. The van der Waals surface area contributed by atoms with E-state index in [2.05, 4.69) is 18.0 Å². The summed E-state index contributed by atoms with van der Waals surface area (Å²) in [4.78, 5) is 4.42. The molecular formula is C16H19NO. The lowest BCUT2D eigenvalue weighted by molar-refractivity contribution is 0.131. The average Bonchev–Trinajstić information content (AvgIpc) is 2.27. The van der Waals surface area contributed by atoms with Gasteiger partial charge in [0.15, 0.2) is 0 Å². The molecule has 0 aliphatic carbocycles. The second-order valence-corrected chi connectivity index (χ2v) is 5.43. The first-order valence-electron chi connectivity index (χ1n) is 6.17. The van der Waals surface area contributed by atoms with Crippen LogP contribution in [0, 0.1) is 6.92 Å². The molecule has 0 N–H and O–H groups in total. The summed E-state index contributed by atoms with van der Waals surface area (Å²) in [5, 5.41) is 0. The van der Waals surface area contributed by atoms with Crippen molar-refractivity contribution in [1.82, 2.24) is 4.98 Å². The van der Waals surface area contributed by atoms with E-state index in [0.717, 1.165) is 17.0 Å². The number of hydrogen-bond donors (Lipinski definition) is 0. The van der Waals surface area contributed by atoms with Gasteiger partial charge in [-0.15, -0.1) is 0 Å². The van der Waals surface area contributed by atoms with Gasteiger partial charge < -0.3 is 4.74 Å². The summed E-state index contributed by atoms with van der Waals surface area (Å²) >= 11 is 0. The van der Waals surface area contributed by atoms with Crippen molar-refractivity contribution in [2.45, 2.75) is 33.3 Å². The lowest BCUT2D eigenvalue weighted by Gasteiger charge is -2.23. The molecule has 0 unspecified atom stereocenters. The highest BCUT2D eigenvalue weighted by atomic mass is 16.5. The van der Waals surface area contributed by atoms with Gasteiger partial charge in [-0.2, -0.15) is 0 Å². The van der Waals surface area contributed by atoms with Crippen LogP contribution in [0.15, 0.2) is 42.6 Å². The Hall–Kier alpha value is -1.83. The second-order valence-electron chi connectivity index (χ2n) is 5.43. The molecule has 0 radical (unpaired) electrons. The van der Waals surface area contributed by atoms with Crippen molar-refractivity contribution in [3.05, 3.63) is 48.2 Å². The Kier molecular flexibility index (Phi) is 3.37. The Bertz CT molecular complexity index is 541. The van der Waals surface area contributed by atoms with Gasteiger partial charge in [-0.05, 0) is 57.5 Å². The highest BCUT2D eigenvalue weighted by Crippen LogP contribution is 2.31. The maximum atomic E-state index is 5.99. The normalized spacial score (nSPS) is 11.3. The molecule has 0 atom stereocenters. The summed E-state index contributed by atoms with van der Waals surface area (Å²) in [6, 6.07) is 12.1. The Balaban J connectivity index is 2.45. The molecule has 1 aromatic carbocycles. The molecule has 2 aromatic rings. The van der Waals surface area contributed by atoms with Crippen LogP contribution in [0.25, 0.3) is 11.3 Å². The van der Waals surface area contributed by atoms with Crippen LogP contribution in [-0.4, -0.2) is 10.6 Å². The van der Waals surface area contributed by atoms with E-state index in [1.54, 1.807) is 0 Å². The predicted molar refractivity (Wildman–Crippen MR) is 74.8 cm³/mol. The molecule has 18 heavy (non-hydrogen) atoms. The third kappa shape index (κ3) is 3.10. The van der Waals surface area contributed by atoms with Gasteiger partial charge in [0.2, 0.25) is 0 Å². The van der Waals surface area contributed by atoms with Crippen LogP contribution < -0.4 is 4.74 Å². The molecule has 0 saturated carbocycles. The highest BCUT2D eigenvalue weighted by Gasteiger charge is 2.15. The van der Waals surface area contributed by atoms with Crippen LogP contribution in [0.2, 0.25) is 0 Å². The van der Waals surface area contributed by atoms with Crippen molar-refractivity contribution in [2.75, 3.05) is 0 Å². The van der Waals surface area contributed by atoms with Gasteiger partial charge in [0.1, 0.15) is 11.4 Å². The zero-order chi connectivity index (χ0) is 13.2. The molecule has 2 heteroatoms. The number of hydrogen-bond acceptors (Lipinski definition) is 2. The van der Waals surface area contributed by atoms with Gasteiger partial charge in [-0.1, -0.05) is 12.1 Å². The van der Waals surface area contributed by atoms with E-state index in [0.29, 0.717) is 0 Å². The minimum absolute atomic E-state index is 0.208. The number of benzene rings is 1. The molecule has 2 rings (SSSR count). The number of para-hydroxylation sites is 1. The molecule has 0 amide bonds. The van der Waals surface area contributed by atoms with Crippen molar-refractivity contribution in [3.8, 4) is 17.0 Å². The molecule has 94 valence electrons. The molecule has 0 saturated heterocycles. The van der Waals surface area contributed by atoms with Crippen LogP contribution in [0.1, 0.15) is 26.3 Å². The zero-order valence-corrected chi connectivity index (χ0v) is 11.4. The Morgan fingerprint density at radius 3 is 2.44 bits per heavy atom. The SMILES string of the molecule is Cc1ccnc(-c2ccccc2OC(C)(C)C)c1. The monoisotopic (exact) mass is 241 g/mol. The number of nitrogens with zero attached hydrogens (tertiary/aromatic N) is 1. The van der Waals surface area contributed by atoms with Crippen LogP contribution in [0.4, 0.5) is 0 Å². The molecule has 0 fully saturated rings. The van der Waals surface area contributed by atoms with E-state index < -0.39 is 0 Å². The van der Waals surface area contributed by atoms with Gasteiger partial charge in [0.25, 0.3) is 0 Å². The summed E-state index contributed by atoms with van der Waals surface area (Å²) in [5.74, 6) is 0.878. The first kappa shape index (κ1) is 12.6. The van der Waals surface area contributed by atoms with E-state index in [-0.39, 0.29) is 5.60 Å². The van der Waals surface area contributed by atoms with Gasteiger partial charge in [-0.25, -0.2) is 0 Å². The number of aromatic nitrogens is 1. The fourth-order valence-corrected chi connectivity index (χ4v) is 1.78. The Morgan fingerprint density at radius 1 is 1.06 bits per heavy atom. The van der Waals surface area contributed by atoms with Gasteiger partial charge in [0.05, 0.1) is 5.69 Å². The van der Waals surface area contributed by atoms with Crippen molar-refractivity contribution >= 4 is 0 Å². The van der Waals surface area contributed by atoms with E-state index in [9.17, 15) is 0 Å². The van der Waals surface area contributed by atoms with Crippen molar-refractivity contribution in [1.29, 1.82) is 0 Å². The highest BCUT2D eigenvalue weighted by molar-refractivity contribution is 5.67. The molecule has 0 bridgehead atoms. The second kappa shape index (κ2) is 4.81. The molecule has 2 nitrogen and oxygen atoms in total. The van der Waals surface area contributed by atoms with Crippen LogP contribution >= 0.6 is 0 Å². The minimum atomic E-state index is -0.208. The van der Waals surface area contributed by atoms with Gasteiger partial charge in [-0.3, -0.25) is 4.98 Å². The fraction of sp³-hybridized carbons (Fsp3) is 0.312. The average molecular weight is 241 g/mol. The van der Waals surface area contributed by atoms with Crippen molar-refractivity contribution in [3.63, 3.8) is 0 Å². The fourth-order valence-electron chi connectivity index (χ4n) is 1.78. The lowest BCUT2D eigenvalue weighted by Crippen LogP contribution is -2.23. The molecular weight excluding hydrogens is 222 g/mol. The Morgan fingerprint density at radius 2 is 1.78 bits per heavy atom. The topological polar surface area (TPSA) is 22.1 Å². The molecule has 0 spiro atoms. The van der Waals surface area contributed by atoms with Crippen molar-refractivity contribution in [2.24, 2.45) is 0 Å². The van der Waals surface area contributed by atoms with Gasteiger partial charge >= 0.3 is 0 Å². The predicted octanol–water partition coefficient (Wildman–Crippen LogP) is 4.23. The first-order valence-corrected chi connectivity index (χ1v) is 6.17. The van der Waals surface area contributed by atoms with E-state index in [4.69, 9.17) is 4.74 Å². The molecule has 0 aliphatic heterocycles. The molecule has 1 heterocycles. The number of pyridine rings is 1. The van der Waals surface area contributed by atoms with Crippen LogP contribution in [0.5, 0.6) is 5.75 Å². The summed E-state index contributed by atoms with van der Waals surface area (Å²) in [6.45, 7) is 8.22. The summed E-state index contributed by atoms with van der Waals surface area (Å²) < 4.78 is 5.99. The van der Waals surface area contributed by atoms with E-state index >= 15 is 0 Å². The number of rotatable bonds is 2. The zero-order valence-electron chi connectivity index (χ0n) is 11.4. The Labute approximate surface area is 109 Å². The summed E-state index contributed by atoms with van der Waals surface area (Å²) in [7, 11) is 0. The van der Waals surface area contributed by atoms with Gasteiger partial charge in [0, 0.05) is 11.8 Å².